The van der Waals surface area contributed by atoms with Gasteiger partial charge in [0.15, 0.2) is 0 Å². The molecule has 0 aliphatic heterocycles. The fourth-order valence-electron chi connectivity index (χ4n) is 4.29. The van der Waals surface area contributed by atoms with Crippen molar-refractivity contribution in [2.45, 2.75) is 39.0 Å². The van der Waals surface area contributed by atoms with Gasteiger partial charge in [-0.15, -0.1) is 0 Å². The van der Waals surface area contributed by atoms with E-state index < -0.39 is 0 Å². The predicted octanol–water partition coefficient (Wildman–Crippen LogP) is 3.08. The fourth-order valence-corrected chi connectivity index (χ4v) is 4.29. The Kier molecular flexibility index (Phi) is 1.20. The lowest BCUT2D eigenvalue weighted by Gasteiger charge is -2.23. The third kappa shape index (κ3) is 0.761. The molecule has 0 N–H and O–H groups in total. The third-order valence-corrected chi connectivity index (χ3v) is 4.62. The Morgan fingerprint density at radius 3 is 1.91 bits per heavy atom. The second-order valence-corrected chi connectivity index (χ2v) is 5.24. The van der Waals surface area contributed by atoms with Gasteiger partial charge in [0, 0.05) is 0 Å². The number of fused-ring (bicyclic) bond motifs is 5. The highest BCUT2D eigenvalue weighted by molar-refractivity contribution is 5.00. The molecule has 0 spiro atoms. The van der Waals surface area contributed by atoms with Crippen LogP contribution in [0.1, 0.15) is 39.0 Å². The molecule has 0 saturated heterocycles. The third-order valence-electron chi connectivity index (χ3n) is 4.62. The highest BCUT2D eigenvalue weighted by atomic mass is 14.6. The Morgan fingerprint density at radius 2 is 1.36 bits per heavy atom. The van der Waals surface area contributed by atoms with Crippen LogP contribution in [0.3, 0.4) is 0 Å². The highest BCUT2D eigenvalue weighted by Gasteiger charge is 2.50. The van der Waals surface area contributed by atoms with E-state index in [9.17, 15) is 0 Å². The van der Waals surface area contributed by atoms with Crippen LogP contribution in [0, 0.1) is 29.6 Å². The molecule has 62 valence electrons. The molecule has 3 aliphatic rings. The fraction of sp³-hybridized carbons (Fsp3) is 1.00. The molecule has 3 aliphatic carbocycles. The molecule has 3 rings (SSSR count). The first kappa shape index (κ1) is 6.51. The predicted molar refractivity (Wildman–Crippen MR) is 46.2 cm³/mol. The topological polar surface area (TPSA) is 0 Å². The van der Waals surface area contributed by atoms with Crippen molar-refractivity contribution >= 4 is 0 Å². The molecule has 3 saturated carbocycles. The van der Waals surface area contributed by atoms with Crippen molar-refractivity contribution < 1.29 is 0 Å². The summed E-state index contributed by atoms with van der Waals surface area (Å²) in [5.74, 6) is 5.78. The molecule has 0 aromatic heterocycles. The van der Waals surface area contributed by atoms with E-state index in [1.54, 1.807) is 32.1 Å². The minimum absolute atomic E-state index is 1.06. The van der Waals surface area contributed by atoms with Crippen LogP contribution < -0.4 is 0 Å². The van der Waals surface area contributed by atoms with E-state index in [4.69, 9.17) is 0 Å². The van der Waals surface area contributed by atoms with Crippen LogP contribution in [0.15, 0.2) is 0 Å². The van der Waals surface area contributed by atoms with Crippen molar-refractivity contribution in [3.05, 3.63) is 0 Å². The number of hydrogen-bond donors (Lipinski definition) is 0. The maximum absolute atomic E-state index is 2.46. The summed E-state index contributed by atoms with van der Waals surface area (Å²) < 4.78 is 0. The van der Waals surface area contributed by atoms with E-state index in [-0.39, 0.29) is 0 Å². The summed E-state index contributed by atoms with van der Waals surface area (Å²) in [6.45, 7) is 2.46. The van der Waals surface area contributed by atoms with Crippen LogP contribution in [-0.4, -0.2) is 0 Å². The average molecular weight is 150 g/mol. The van der Waals surface area contributed by atoms with Crippen molar-refractivity contribution in [1.82, 2.24) is 0 Å². The van der Waals surface area contributed by atoms with Crippen molar-refractivity contribution in [3.8, 4) is 0 Å². The summed E-state index contributed by atoms with van der Waals surface area (Å²) >= 11 is 0. The van der Waals surface area contributed by atoms with Gasteiger partial charge in [0.2, 0.25) is 0 Å². The molecule has 0 heterocycles. The molecule has 0 aromatic carbocycles. The van der Waals surface area contributed by atoms with Gasteiger partial charge >= 0.3 is 0 Å². The van der Waals surface area contributed by atoms with Gasteiger partial charge < -0.3 is 0 Å². The van der Waals surface area contributed by atoms with Gasteiger partial charge in [-0.05, 0) is 61.7 Å². The lowest BCUT2D eigenvalue weighted by atomic mass is 9.82. The summed E-state index contributed by atoms with van der Waals surface area (Å²) in [6.07, 6.45) is 7.93. The maximum atomic E-state index is 2.46. The van der Waals surface area contributed by atoms with Crippen molar-refractivity contribution in [3.63, 3.8) is 0 Å². The van der Waals surface area contributed by atoms with Gasteiger partial charge in [-0.25, -0.2) is 0 Å². The molecule has 4 unspecified atom stereocenters. The molecule has 0 amide bonds. The van der Waals surface area contributed by atoms with Gasteiger partial charge in [-0.2, -0.15) is 0 Å². The molecule has 0 aromatic rings. The van der Waals surface area contributed by atoms with Gasteiger partial charge in [0.1, 0.15) is 0 Å². The lowest BCUT2D eigenvalue weighted by Crippen LogP contribution is -2.15. The van der Waals surface area contributed by atoms with Crippen LogP contribution in [-0.2, 0) is 0 Å². The molecule has 11 heavy (non-hydrogen) atoms. The van der Waals surface area contributed by atoms with Gasteiger partial charge in [-0.1, -0.05) is 6.92 Å². The Bertz CT molecular complexity index is 155. The first-order valence-corrected chi connectivity index (χ1v) is 5.34. The Labute approximate surface area is 69.4 Å². The summed E-state index contributed by atoms with van der Waals surface area (Å²) in [5, 5.41) is 0. The van der Waals surface area contributed by atoms with Crippen LogP contribution >= 0.6 is 0 Å². The molecule has 5 atom stereocenters. The van der Waals surface area contributed by atoms with Gasteiger partial charge in [0.25, 0.3) is 0 Å². The van der Waals surface area contributed by atoms with Crippen molar-refractivity contribution in [2.75, 3.05) is 0 Å². The molecule has 2 bridgehead atoms. The molecular formula is C11H18. The second kappa shape index (κ2) is 2.02. The normalized spacial score (nSPS) is 60.3. The zero-order valence-corrected chi connectivity index (χ0v) is 7.42. The smallest absolute Gasteiger partial charge is 0.0352 e. The molecule has 0 heteroatoms. The quantitative estimate of drug-likeness (QED) is 0.498. The molecule has 0 nitrogen and oxygen atoms in total. The SMILES string of the molecule is CC1CC2C3CC[C@@H](C3)C2C1. The minimum atomic E-state index is 1.06. The van der Waals surface area contributed by atoms with E-state index >= 15 is 0 Å². The summed E-state index contributed by atoms with van der Waals surface area (Å²) in [4.78, 5) is 0. The van der Waals surface area contributed by atoms with Crippen molar-refractivity contribution in [1.29, 1.82) is 0 Å². The standard InChI is InChI=1S/C11H18/c1-7-4-10-8-2-3-9(6-8)11(10)5-7/h7-11H,2-6H2,1H3/t7?,8-,9?,10?,11?/m0/s1. The molecular weight excluding hydrogens is 132 g/mol. The Morgan fingerprint density at radius 1 is 0.818 bits per heavy atom. The van der Waals surface area contributed by atoms with Gasteiger partial charge in [-0.3, -0.25) is 0 Å². The summed E-state index contributed by atoms with van der Waals surface area (Å²) in [7, 11) is 0. The minimum Gasteiger partial charge on any atom is -0.0625 e. The van der Waals surface area contributed by atoms with E-state index in [0.717, 1.165) is 5.92 Å². The number of rotatable bonds is 0. The maximum Gasteiger partial charge on any atom is -0.0352 e. The first-order chi connectivity index (χ1) is 5.34. The second-order valence-electron chi connectivity index (χ2n) is 5.24. The van der Waals surface area contributed by atoms with E-state index in [2.05, 4.69) is 6.92 Å². The zero-order valence-electron chi connectivity index (χ0n) is 7.42. The Balaban J connectivity index is 1.87. The van der Waals surface area contributed by atoms with Gasteiger partial charge in [0.05, 0.1) is 0 Å². The average Bonchev–Trinajstić information content (AvgIpc) is 2.53. The van der Waals surface area contributed by atoms with E-state index in [1.807, 2.05) is 0 Å². The first-order valence-electron chi connectivity index (χ1n) is 5.34. The van der Waals surface area contributed by atoms with E-state index in [0.29, 0.717) is 0 Å². The summed E-state index contributed by atoms with van der Waals surface area (Å²) in [6, 6.07) is 0. The van der Waals surface area contributed by atoms with Crippen molar-refractivity contribution in [2.24, 2.45) is 29.6 Å². The monoisotopic (exact) mass is 150 g/mol. The zero-order chi connectivity index (χ0) is 7.42. The molecule has 3 fully saturated rings. The van der Waals surface area contributed by atoms with Crippen LogP contribution in [0.4, 0.5) is 0 Å². The van der Waals surface area contributed by atoms with Crippen LogP contribution in [0.2, 0.25) is 0 Å². The Hall–Kier alpha value is 0. The van der Waals surface area contributed by atoms with Crippen LogP contribution in [0.5, 0.6) is 0 Å². The molecule has 0 radical (unpaired) electrons. The van der Waals surface area contributed by atoms with E-state index in [1.165, 1.54) is 23.7 Å². The highest BCUT2D eigenvalue weighted by Crippen LogP contribution is 2.59. The lowest BCUT2D eigenvalue weighted by molar-refractivity contribution is 0.259. The van der Waals surface area contributed by atoms with Crippen LogP contribution in [0.25, 0.3) is 0 Å². The number of hydrogen-bond acceptors (Lipinski definition) is 0. The largest absolute Gasteiger partial charge is 0.0625 e. The summed E-state index contributed by atoms with van der Waals surface area (Å²) in [5.41, 5.74) is 0.